The number of amides is 2. The molecule has 1 unspecified atom stereocenters. The zero-order valence-corrected chi connectivity index (χ0v) is 13.4. The average molecular weight is 346 g/mol. The van der Waals surface area contributed by atoms with Gasteiger partial charge in [0.05, 0.1) is 19.1 Å². The van der Waals surface area contributed by atoms with Gasteiger partial charge in [0.15, 0.2) is 0 Å². The van der Waals surface area contributed by atoms with Crippen molar-refractivity contribution >= 4 is 24.2 Å². The predicted molar refractivity (Wildman–Crippen MR) is 85.6 cm³/mol. The van der Waals surface area contributed by atoms with Crippen LogP contribution in [0.4, 0.5) is 4.39 Å². The first-order valence-electron chi connectivity index (χ1n) is 7.25. The lowest BCUT2D eigenvalue weighted by atomic mass is 10.1. The van der Waals surface area contributed by atoms with Gasteiger partial charge in [0, 0.05) is 31.7 Å². The Morgan fingerprint density at radius 2 is 2.17 bits per heavy atom. The Labute approximate surface area is 140 Å². The molecule has 1 aliphatic heterocycles. The summed E-state index contributed by atoms with van der Waals surface area (Å²) in [6.07, 6.45) is 0.00655. The van der Waals surface area contributed by atoms with E-state index >= 15 is 0 Å². The molecule has 0 radical (unpaired) electrons. The van der Waals surface area contributed by atoms with Crippen LogP contribution in [0.25, 0.3) is 0 Å². The van der Waals surface area contributed by atoms with Crippen molar-refractivity contribution < 1.29 is 19.1 Å². The molecule has 1 heterocycles. The summed E-state index contributed by atoms with van der Waals surface area (Å²) >= 11 is 0. The Balaban J connectivity index is 0.00000264. The SMILES string of the molecule is Cl.O=C(CC1NCCN(Cc2ccccc2F)C1=O)NCCO. The van der Waals surface area contributed by atoms with Gasteiger partial charge in [-0.25, -0.2) is 4.39 Å². The molecule has 1 aromatic rings. The normalized spacial score (nSPS) is 17.6. The molecule has 2 amide bonds. The highest BCUT2D eigenvalue weighted by Crippen LogP contribution is 2.13. The fourth-order valence-electron chi connectivity index (χ4n) is 2.39. The van der Waals surface area contributed by atoms with E-state index in [2.05, 4.69) is 10.6 Å². The average Bonchev–Trinajstić information content (AvgIpc) is 2.51. The summed E-state index contributed by atoms with van der Waals surface area (Å²) in [6.45, 7) is 1.25. The molecule has 3 N–H and O–H groups in total. The molecule has 0 aliphatic carbocycles. The van der Waals surface area contributed by atoms with Crippen molar-refractivity contribution in [1.82, 2.24) is 15.5 Å². The van der Waals surface area contributed by atoms with Crippen LogP contribution in [0, 0.1) is 5.82 Å². The van der Waals surface area contributed by atoms with Crippen molar-refractivity contribution in [3.8, 4) is 0 Å². The summed E-state index contributed by atoms with van der Waals surface area (Å²) in [5.74, 6) is -0.854. The molecule has 0 saturated carbocycles. The smallest absolute Gasteiger partial charge is 0.240 e. The van der Waals surface area contributed by atoms with Gasteiger partial charge in [0.2, 0.25) is 11.8 Å². The third-order valence-corrected chi connectivity index (χ3v) is 3.52. The number of hydrogen-bond donors (Lipinski definition) is 3. The highest BCUT2D eigenvalue weighted by Gasteiger charge is 2.30. The summed E-state index contributed by atoms with van der Waals surface area (Å²) in [6, 6.07) is 5.73. The van der Waals surface area contributed by atoms with Crippen LogP contribution >= 0.6 is 12.4 Å². The monoisotopic (exact) mass is 345 g/mol. The zero-order valence-electron chi connectivity index (χ0n) is 12.6. The van der Waals surface area contributed by atoms with Gasteiger partial charge >= 0.3 is 0 Å². The van der Waals surface area contributed by atoms with Crippen molar-refractivity contribution in [2.75, 3.05) is 26.2 Å². The first kappa shape index (κ1) is 19.3. The zero-order chi connectivity index (χ0) is 15.9. The molecule has 23 heavy (non-hydrogen) atoms. The van der Waals surface area contributed by atoms with Crippen molar-refractivity contribution in [1.29, 1.82) is 0 Å². The number of carbonyl (C=O) groups excluding carboxylic acids is 2. The highest BCUT2D eigenvalue weighted by molar-refractivity contribution is 5.88. The standard InChI is InChI=1S/C15H20FN3O3.ClH/c16-12-4-2-1-3-11(12)10-19-7-5-17-13(15(19)22)9-14(21)18-6-8-20;/h1-4,13,17,20H,5-10H2,(H,18,21);1H. The number of carbonyl (C=O) groups is 2. The first-order valence-corrected chi connectivity index (χ1v) is 7.25. The second kappa shape index (κ2) is 9.44. The van der Waals surface area contributed by atoms with E-state index < -0.39 is 6.04 Å². The summed E-state index contributed by atoms with van der Waals surface area (Å²) in [5, 5.41) is 14.2. The molecular formula is C15H21ClFN3O3. The number of nitrogens with one attached hydrogen (secondary N) is 2. The second-order valence-corrected chi connectivity index (χ2v) is 5.14. The lowest BCUT2D eigenvalue weighted by Crippen LogP contribution is -2.56. The van der Waals surface area contributed by atoms with E-state index in [1.165, 1.54) is 6.07 Å². The summed E-state index contributed by atoms with van der Waals surface area (Å²) < 4.78 is 13.7. The number of halogens is 2. The van der Waals surface area contributed by atoms with Crippen LogP contribution in [0.2, 0.25) is 0 Å². The number of aliphatic hydroxyl groups excluding tert-OH is 1. The van der Waals surface area contributed by atoms with E-state index in [0.717, 1.165) is 0 Å². The lowest BCUT2D eigenvalue weighted by molar-refractivity contribution is -0.138. The minimum atomic E-state index is -0.612. The lowest BCUT2D eigenvalue weighted by Gasteiger charge is -2.33. The van der Waals surface area contributed by atoms with Crippen LogP contribution in [0.15, 0.2) is 24.3 Å². The Morgan fingerprint density at radius 3 is 2.87 bits per heavy atom. The molecule has 1 fully saturated rings. The molecule has 1 aromatic carbocycles. The molecule has 8 heteroatoms. The fraction of sp³-hybridized carbons (Fsp3) is 0.467. The van der Waals surface area contributed by atoms with Gasteiger partial charge in [-0.05, 0) is 6.07 Å². The van der Waals surface area contributed by atoms with Crippen molar-refractivity contribution in [3.63, 3.8) is 0 Å². The van der Waals surface area contributed by atoms with E-state index in [9.17, 15) is 14.0 Å². The largest absolute Gasteiger partial charge is 0.395 e. The predicted octanol–water partition coefficient (Wildman–Crippen LogP) is 0.0465. The van der Waals surface area contributed by atoms with Gasteiger partial charge in [0.25, 0.3) is 0 Å². The van der Waals surface area contributed by atoms with Crippen LogP contribution in [0.1, 0.15) is 12.0 Å². The number of nitrogens with zero attached hydrogens (tertiary/aromatic N) is 1. The second-order valence-electron chi connectivity index (χ2n) is 5.14. The molecule has 128 valence electrons. The third-order valence-electron chi connectivity index (χ3n) is 3.52. The van der Waals surface area contributed by atoms with Gasteiger partial charge in [-0.15, -0.1) is 12.4 Å². The van der Waals surface area contributed by atoms with Gasteiger partial charge in [-0.3, -0.25) is 9.59 Å². The molecule has 1 aliphatic rings. The van der Waals surface area contributed by atoms with Gasteiger partial charge in [0.1, 0.15) is 5.82 Å². The minimum absolute atomic E-state index is 0. The van der Waals surface area contributed by atoms with E-state index in [1.54, 1.807) is 23.1 Å². The number of piperazine rings is 1. The Kier molecular flexibility index (Phi) is 7.94. The van der Waals surface area contributed by atoms with Crippen LogP contribution in [0.3, 0.4) is 0 Å². The number of benzene rings is 1. The minimum Gasteiger partial charge on any atom is -0.395 e. The van der Waals surface area contributed by atoms with E-state index in [0.29, 0.717) is 18.7 Å². The van der Waals surface area contributed by atoms with Crippen molar-refractivity contribution in [2.24, 2.45) is 0 Å². The Bertz CT molecular complexity index is 544. The van der Waals surface area contributed by atoms with Crippen molar-refractivity contribution in [2.45, 2.75) is 19.0 Å². The van der Waals surface area contributed by atoms with Crippen LogP contribution in [-0.2, 0) is 16.1 Å². The maximum absolute atomic E-state index is 13.7. The summed E-state index contributed by atoms with van der Waals surface area (Å²) in [4.78, 5) is 25.6. The number of hydrogen-bond acceptors (Lipinski definition) is 4. The van der Waals surface area contributed by atoms with Crippen LogP contribution < -0.4 is 10.6 Å². The first-order chi connectivity index (χ1) is 10.6. The summed E-state index contributed by atoms with van der Waals surface area (Å²) in [7, 11) is 0. The fourth-order valence-corrected chi connectivity index (χ4v) is 2.39. The maximum atomic E-state index is 13.7. The van der Waals surface area contributed by atoms with Crippen LogP contribution in [-0.4, -0.2) is 54.1 Å². The van der Waals surface area contributed by atoms with Crippen molar-refractivity contribution in [3.05, 3.63) is 35.6 Å². The van der Waals surface area contributed by atoms with E-state index in [4.69, 9.17) is 5.11 Å². The molecule has 1 atom stereocenters. The number of aliphatic hydroxyl groups is 1. The molecular weight excluding hydrogens is 325 g/mol. The molecule has 0 bridgehead atoms. The molecule has 0 spiro atoms. The van der Waals surface area contributed by atoms with Gasteiger partial charge in [-0.2, -0.15) is 0 Å². The quantitative estimate of drug-likeness (QED) is 0.680. The van der Waals surface area contributed by atoms with Crippen LogP contribution in [0.5, 0.6) is 0 Å². The molecule has 6 nitrogen and oxygen atoms in total. The van der Waals surface area contributed by atoms with Gasteiger partial charge < -0.3 is 20.6 Å². The Hall–Kier alpha value is -1.70. The van der Waals surface area contributed by atoms with E-state index in [1.807, 2.05) is 0 Å². The number of rotatable bonds is 6. The Morgan fingerprint density at radius 1 is 1.43 bits per heavy atom. The third kappa shape index (κ3) is 5.46. The maximum Gasteiger partial charge on any atom is 0.240 e. The highest BCUT2D eigenvalue weighted by atomic mass is 35.5. The molecule has 2 rings (SSSR count). The van der Waals surface area contributed by atoms with E-state index in [-0.39, 0.29) is 56.2 Å². The van der Waals surface area contributed by atoms with Gasteiger partial charge in [-0.1, -0.05) is 18.2 Å². The topological polar surface area (TPSA) is 81.7 Å². The molecule has 0 aromatic heterocycles. The molecule has 1 saturated heterocycles. The summed E-state index contributed by atoms with van der Waals surface area (Å²) in [5.41, 5.74) is 0.459.